The monoisotopic (exact) mass is 833 g/mol. The number of rotatable bonds is 13. The van der Waals surface area contributed by atoms with E-state index in [4.69, 9.17) is 6.42 Å². The van der Waals surface area contributed by atoms with Gasteiger partial charge in [0, 0.05) is 6.54 Å². The molecule has 6 fully saturated rings. The highest BCUT2D eigenvalue weighted by Crippen LogP contribution is 2.75. The van der Waals surface area contributed by atoms with Crippen LogP contribution in [0.1, 0.15) is 59.3 Å². The van der Waals surface area contributed by atoms with E-state index in [0.717, 1.165) is 71.6 Å². The Hall–Kier alpha value is -2.25. The fraction of sp³-hybridized carbons (Fsp3) is 0.511. The van der Waals surface area contributed by atoms with Crippen LogP contribution in [0.15, 0.2) is 36.5 Å². The minimum atomic E-state index is -0.264. The molecule has 282 valence electrons. The molecule has 18 atom stereocenters. The minimum Gasteiger partial charge on any atom is -0.352 e. The smallest absolute Gasteiger partial charge is 0.243 e. The lowest BCUT2D eigenvalue weighted by Crippen LogP contribution is -2.25. The molecule has 0 aromatic rings. The Balaban J connectivity index is 0.000000216. The van der Waals surface area contributed by atoms with Crippen LogP contribution in [0.4, 0.5) is 0 Å². The topological polar surface area (TPSA) is 29.1 Å². The summed E-state index contributed by atoms with van der Waals surface area (Å²) in [5, 5.41) is 3.00. The highest BCUT2D eigenvalue weighted by molar-refractivity contribution is 8.47. The van der Waals surface area contributed by atoms with Gasteiger partial charge in [-0.25, -0.2) is 0 Å². The number of carbonyl (C=O) groups is 1. The zero-order valence-corrected chi connectivity index (χ0v) is 38.7. The molecule has 0 aliphatic heterocycles. The SMILES string of the molecule is C#CC#CC#CC#CC#CC#CC#CC#CC=CC(P)(PP)P(P)P.CC(C)CNC(=O)/C=C/C1CC1C1CC1C1CC1C1CC1C1CC1/C=C/C1CC1C. The van der Waals surface area contributed by atoms with E-state index in [-0.39, 0.29) is 17.8 Å². The molecule has 0 saturated heterocycles. The molecule has 0 bridgehead atoms. The van der Waals surface area contributed by atoms with Gasteiger partial charge in [-0.3, -0.25) is 4.79 Å². The molecule has 2 nitrogen and oxygen atoms in total. The Labute approximate surface area is 345 Å². The Bertz CT molecular complexity index is 2030. The first-order valence-electron chi connectivity index (χ1n) is 19.4. The van der Waals surface area contributed by atoms with E-state index in [1.165, 1.54) is 25.7 Å². The predicted molar refractivity (Wildman–Crippen MR) is 251 cm³/mol. The van der Waals surface area contributed by atoms with Gasteiger partial charge in [0.1, 0.15) is 0 Å². The fourth-order valence-corrected chi connectivity index (χ4v) is 15.2. The summed E-state index contributed by atoms with van der Waals surface area (Å²) in [6.07, 6.45) is 26.9. The lowest BCUT2D eigenvalue weighted by Gasteiger charge is -2.27. The number of amides is 1. The van der Waals surface area contributed by atoms with Gasteiger partial charge >= 0.3 is 0 Å². The highest BCUT2D eigenvalue weighted by atomic mass is 32.4. The van der Waals surface area contributed by atoms with Crippen LogP contribution in [0.25, 0.3) is 0 Å². The lowest BCUT2D eigenvalue weighted by molar-refractivity contribution is -0.116. The van der Waals surface area contributed by atoms with Gasteiger partial charge in [0.25, 0.3) is 0 Å². The van der Waals surface area contributed by atoms with Crippen molar-refractivity contribution in [1.29, 1.82) is 0 Å². The van der Waals surface area contributed by atoms with Gasteiger partial charge in [0.05, 0.1) is 4.64 Å². The molecule has 0 aromatic carbocycles. The van der Waals surface area contributed by atoms with Gasteiger partial charge in [-0.15, -0.1) is 42.4 Å². The number of terminal acetylenes is 1. The van der Waals surface area contributed by atoms with Crippen LogP contribution >= 0.6 is 51.6 Å². The summed E-state index contributed by atoms with van der Waals surface area (Å²) in [7, 11) is 11.8. The average molecular weight is 834 g/mol. The molecule has 0 heterocycles. The molecule has 0 aromatic heterocycles. The van der Waals surface area contributed by atoms with Gasteiger partial charge in [0.2, 0.25) is 5.91 Å². The summed E-state index contributed by atoms with van der Waals surface area (Å²) in [6, 6.07) is 0. The molecule has 0 radical (unpaired) electrons. The third-order valence-electron chi connectivity index (χ3n) is 11.6. The third kappa shape index (κ3) is 14.9. The maximum Gasteiger partial charge on any atom is 0.243 e. The summed E-state index contributed by atoms with van der Waals surface area (Å²) >= 11 is 0. The first-order chi connectivity index (χ1) is 26.6. The van der Waals surface area contributed by atoms with Gasteiger partial charge in [0.15, 0.2) is 0 Å². The Morgan fingerprint density at radius 3 is 1.60 bits per heavy atom. The van der Waals surface area contributed by atoms with Crippen molar-refractivity contribution in [2.75, 3.05) is 6.54 Å². The predicted octanol–water partition coefficient (Wildman–Crippen LogP) is 8.97. The van der Waals surface area contributed by atoms with Crippen molar-refractivity contribution < 1.29 is 4.79 Å². The Morgan fingerprint density at radius 2 is 1.16 bits per heavy atom. The number of hydrogen-bond donors (Lipinski definition) is 1. The second-order valence-electron chi connectivity index (χ2n) is 16.2. The second-order valence-corrected chi connectivity index (χ2v) is 27.3. The number of allylic oxidation sites excluding steroid dienone is 5. The molecule has 6 aliphatic rings. The quantitative estimate of drug-likeness (QED) is 0.0855. The maximum atomic E-state index is 11.9. The van der Waals surface area contributed by atoms with Crippen LogP contribution in [-0.2, 0) is 4.79 Å². The summed E-state index contributed by atoms with van der Waals surface area (Å²) < 4.78 is 0.0616. The highest BCUT2D eigenvalue weighted by Gasteiger charge is 2.65. The van der Waals surface area contributed by atoms with Gasteiger partial charge < -0.3 is 5.32 Å². The summed E-state index contributed by atoms with van der Waals surface area (Å²) in [6.45, 7) is 7.45. The third-order valence-corrected chi connectivity index (χ3v) is 25.0. The first-order valence-corrected chi connectivity index (χ1v) is 27.4. The van der Waals surface area contributed by atoms with Crippen molar-refractivity contribution in [2.45, 2.75) is 63.9 Å². The molecule has 6 aliphatic carbocycles. The van der Waals surface area contributed by atoms with Crippen molar-refractivity contribution >= 4 is 57.5 Å². The summed E-state index contributed by atoms with van der Waals surface area (Å²) in [4.78, 5) is 11.9. The first kappa shape index (κ1) is 43.9. The minimum absolute atomic E-state index is 0.0616. The Morgan fingerprint density at radius 1 is 0.727 bits per heavy atom. The number of hydrogen-bond acceptors (Lipinski definition) is 1. The van der Waals surface area contributed by atoms with Crippen molar-refractivity contribution in [3.8, 4) is 95.2 Å². The van der Waals surface area contributed by atoms with E-state index < -0.39 is 0 Å². The maximum absolute atomic E-state index is 11.9. The van der Waals surface area contributed by atoms with Crippen molar-refractivity contribution in [3.63, 3.8) is 0 Å². The number of nitrogens with one attached hydrogen (secondary N) is 1. The zero-order valence-electron chi connectivity index (χ0n) is 32.2. The molecule has 6 saturated carbocycles. The van der Waals surface area contributed by atoms with Crippen LogP contribution in [0.3, 0.4) is 0 Å². The van der Waals surface area contributed by atoms with E-state index in [0.29, 0.717) is 20.1 Å². The number of carbonyl (C=O) groups excluding carboxylic acids is 1. The van der Waals surface area contributed by atoms with Gasteiger partial charge in [-0.1, -0.05) is 59.3 Å². The lowest BCUT2D eigenvalue weighted by atomic mass is 10.1. The summed E-state index contributed by atoms with van der Waals surface area (Å²) in [5.74, 6) is 50.5. The standard InChI is InChI=1S/C28H41NO.C19H12P6/c1-15(2)14-29-28(30)7-6-19-10-21(19)23-12-25(23)27-13-26(27)24-11-22(24)20-9-18(20)5-4-17-8-16(17)3;1-2-3-4-5-6-7-8-9-10-11-12-13-14-15-16-17-18-19(20,24-21)25(22)23/h4-7,15-27H,8-14H2,1-3H3,(H,29,30);1,17-18,24H,20-23H2/b5-4+,7-6+;. The molecule has 1 N–H and O–H groups in total. The zero-order chi connectivity index (χ0) is 39.4. The fourth-order valence-electron chi connectivity index (χ4n) is 7.87. The van der Waals surface area contributed by atoms with E-state index >= 15 is 0 Å². The summed E-state index contributed by atoms with van der Waals surface area (Å²) in [5.41, 5.74) is 0. The van der Waals surface area contributed by atoms with Crippen molar-refractivity contribution in [2.24, 2.45) is 76.9 Å². The molecule has 18 unspecified atom stereocenters. The van der Waals surface area contributed by atoms with Crippen LogP contribution in [0, 0.1) is 172 Å². The van der Waals surface area contributed by atoms with Crippen LogP contribution in [-0.4, -0.2) is 17.1 Å². The van der Waals surface area contributed by atoms with Gasteiger partial charge in [-0.2, -0.15) is 0 Å². The molecular weight excluding hydrogens is 780 g/mol. The van der Waals surface area contributed by atoms with Gasteiger partial charge in [-0.05, 0) is 218 Å². The largest absolute Gasteiger partial charge is 0.352 e. The molecule has 8 heteroatoms. The molecule has 1 amide bonds. The molecule has 0 spiro atoms. The average Bonchev–Trinajstić information content (AvgIpc) is 3.93. The van der Waals surface area contributed by atoms with Crippen LogP contribution in [0.2, 0.25) is 0 Å². The van der Waals surface area contributed by atoms with E-state index in [9.17, 15) is 4.79 Å². The molecular formula is C47H53NOP6. The van der Waals surface area contributed by atoms with E-state index in [1.807, 2.05) is 12.2 Å². The van der Waals surface area contributed by atoms with E-state index in [2.05, 4.69) is 175 Å². The van der Waals surface area contributed by atoms with Crippen molar-refractivity contribution in [1.82, 2.24) is 5.32 Å². The molecule has 6 rings (SSSR count). The van der Waals surface area contributed by atoms with Crippen LogP contribution < -0.4 is 5.32 Å². The molecule has 55 heavy (non-hydrogen) atoms. The normalized spacial score (nSPS) is 33.3. The van der Waals surface area contributed by atoms with Crippen molar-refractivity contribution in [3.05, 3.63) is 36.5 Å². The van der Waals surface area contributed by atoms with Crippen LogP contribution in [0.5, 0.6) is 0 Å². The Kier molecular flexibility index (Phi) is 17.1. The second kappa shape index (κ2) is 21.5. The van der Waals surface area contributed by atoms with E-state index in [1.54, 1.807) is 12.8 Å².